The highest BCUT2D eigenvalue weighted by molar-refractivity contribution is 6.33. The van der Waals surface area contributed by atoms with Gasteiger partial charge >= 0.3 is 0 Å². The maximum absolute atomic E-state index is 8.75. The Morgan fingerprint density at radius 3 is 2.70 bits per heavy atom. The summed E-state index contributed by atoms with van der Waals surface area (Å²) >= 11 is 6.12. The van der Waals surface area contributed by atoms with Crippen molar-refractivity contribution in [3.05, 3.63) is 59.3 Å². The summed E-state index contributed by atoms with van der Waals surface area (Å²) in [6.07, 6.45) is 1.30. The van der Waals surface area contributed by atoms with E-state index < -0.39 is 0 Å². The molecule has 1 heterocycles. The summed E-state index contributed by atoms with van der Waals surface area (Å²) in [5.41, 5.74) is 2.70. The summed E-state index contributed by atoms with van der Waals surface area (Å²) < 4.78 is 5.71. The molecule has 0 unspecified atom stereocenters. The third-order valence-electron chi connectivity index (χ3n) is 3.12. The van der Waals surface area contributed by atoms with E-state index in [1.54, 1.807) is 30.3 Å². The monoisotopic (exact) mass is 320 g/mol. The van der Waals surface area contributed by atoms with Gasteiger partial charge in [0, 0.05) is 11.8 Å². The van der Waals surface area contributed by atoms with Crippen molar-refractivity contribution in [2.75, 3.05) is 5.32 Å². The van der Waals surface area contributed by atoms with Gasteiger partial charge in [-0.15, -0.1) is 0 Å². The molecule has 0 aliphatic carbocycles. The number of fused-ring (bicyclic) bond motifs is 1. The average molecular weight is 321 g/mol. The SMILES string of the molecule is N#CC(C#N)=CNc1cc(-c2nc3ccccc3o2)ccc1Cl. The molecule has 2 aromatic carbocycles. The second-order valence-corrected chi connectivity index (χ2v) is 5.01. The maximum atomic E-state index is 8.75. The van der Waals surface area contributed by atoms with Crippen LogP contribution in [0.4, 0.5) is 5.69 Å². The van der Waals surface area contributed by atoms with E-state index in [0.717, 1.165) is 11.1 Å². The molecule has 1 aromatic heterocycles. The fraction of sp³-hybridized carbons (Fsp3) is 0. The van der Waals surface area contributed by atoms with Crippen molar-refractivity contribution in [1.82, 2.24) is 4.98 Å². The van der Waals surface area contributed by atoms with Crippen LogP contribution in [-0.4, -0.2) is 4.98 Å². The van der Waals surface area contributed by atoms with Crippen LogP contribution >= 0.6 is 11.6 Å². The Labute approximate surface area is 137 Å². The highest BCUT2D eigenvalue weighted by Gasteiger charge is 2.10. The molecular formula is C17H9ClN4O. The van der Waals surface area contributed by atoms with Gasteiger partial charge in [-0.1, -0.05) is 23.7 Å². The molecule has 0 atom stereocenters. The van der Waals surface area contributed by atoms with E-state index in [9.17, 15) is 0 Å². The first-order valence-corrected chi connectivity index (χ1v) is 7.01. The summed E-state index contributed by atoms with van der Waals surface area (Å²) in [7, 11) is 0. The summed E-state index contributed by atoms with van der Waals surface area (Å²) in [6, 6.07) is 16.2. The van der Waals surface area contributed by atoms with Crippen LogP contribution in [0.5, 0.6) is 0 Å². The van der Waals surface area contributed by atoms with Crippen LogP contribution in [0, 0.1) is 22.7 Å². The molecule has 0 spiro atoms. The van der Waals surface area contributed by atoms with Gasteiger partial charge in [0.25, 0.3) is 0 Å². The van der Waals surface area contributed by atoms with E-state index in [0.29, 0.717) is 22.2 Å². The molecule has 3 aromatic rings. The lowest BCUT2D eigenvalue weighted by Gasteiger charge is -2.05. The van der Waals surface area contributed by atoms with E-state index >= 15 is 0 Å². The minimum atomic E-state index is -0.0478. The third kappa shape index (κ3) is 3.01. The number of nitrogens with zero attached hydrogens (tertiary/aromatic N) is 3. The number of hydrogen-bond acceptors (Lipinski definition) is 5. The molecule has 3 rings (SSSR count). The molecule has 0 radical (unpaired) electrons. The number of nitrogens with one attached hydrogen (secondary N) is 1. The van der Waals surface area contributed by atoms with Gasteiger partial charge in [-0.2, -0.15) is 10.5 Å². The van der Waals surface area contributed by atoms with Crippen LogP contribution in [0.3, 0.4) is 0 Å². The number of oxazole rings is 1. The summed E-state index contributed by atoms with van der Waals surface area (Å²) in [6.45, 7) is 0. The molecule has 6 heteroatoms. The predicted octanol–water partition coefficient (Wildman–Crippen LogP) is 4.49. The largest absolute Gasteiger partial charge is 0.436 e. The number of hydrogen-bond donors (Lipinski definition) is 1. The van der Waals surface area contributed by atoms with Gasteiger partial charge in [0.05, 0.1) is 10.7 Å². The van der Waals surface area contributed by atoms with E-state index in [-0.39, 0.29) is 5.57 Å². The Morgan fingerprint density at radius 1 is 1.17 bits per heavy atom. The lowest BCUT2D eigenvalue weighted by atomic mass is 10.2. The highest BCUT2D eigenvalue weighted by Crippen LogP contribution is 2.30. The van der Waals surface area contributed by atoms with Gasteiger partial charge in [0.2, 0.25) is 5.89 Å². The number of para-hydroxylation sites is 2. The Morgan fingerprint density at radius 2 is 1.96 bits per heavy atom. The molecule has 0 saturated heterocycles. The van der Waals surface area contributed by atoms with Crippen LogP contribution in [-0.2, 0) is 0 Å². The smallest absolute Gasteiger partial charge is 0.227 e. The number of anilines is 1. The Bertz CT molecular complexity index is 943. The van der Waals surface area contributed by atoms with Gasteiger partial charge < -0.3 is 9.73 Å². The number of allylic oxidation sites excluding steroid dienone is 1. The first-order chi connectivity index (χ1) is 11.2. The van der Waals surface area contributed by atoms with Crippen LogP contribution in [0.25, 0.3) is 22.6 Å². The number of benzene rings is 2. The zero-order valence-electron chi connectivity index (χ0n) is 11.7. The molecule has 0 amide bonds. The summed E-state index contributed by atoms with van der Waals surface area (Å²) in [5, 5.41) is 20.8. The molecule has 0 fully saturated rings. The second-order valence-electron chi connectivity index (χ2n) is 4.61. The second kappa shape index (κ2) is 6.23. The number of rotatable bonds is 3. The average Bonchev–Trinajstić information content (AvgIpc) is 3.01. The zero-order valence-corrected chi connectivity index (χ0v) is 12.5. The molecule has 5 nitrogen and oxygen atoms in total. The molecular weight excluding hydrogens is 312 g/mol. The molecule has 0 aliphatic rings. The fourth-order valence-electron chi connectivity index (χ4n) is 2.00. The van der Waals surface area contributed by atoms with Crippen molar-refractivity contribution < 1.29 is 4.42 Å². The quantitative estimate of drug-likeness (QED) is 0.718. The van der Waals surface area contributed by atoms with Gasteiger partial charge in [-0.05, 0) is 30.3 Å². The topological polar surface area (TPSA) is 85.6 Å². The summed E-state index contributed by atoms with van der Waals surface area (Å²) in [4.78, 5) is 4.42. The van der Waals surface area contributed by atoms with Gasteiger partial charge in [-0.25, -0.2) is 4.98 Å². The van der Waals surface area contributed by atoms with E-state index in [1.165, 1.54) is 6.20 Å². The lowest BCUT2D eigenvalue weighted by molar-refractivity contribution is 0.620. The van der Waals surface area contributed by atoms with Gasteiger partial charge in [0.15, 0.2) is 5.58 Å². The van der Waals surface area contributed by atoms with Crippen LogP contribution in [0.15, 0.2) is 58.7 Å². The minimum absolute atomic E-state index is 0.0478. The molecule has 0 saturated carbocycles. The van der Waals surface area contributed by atoms with Crippen molar-refractivity contribution in [3.63, 3.8) is 0 Å². The van der Waals surface area contributed by atoms with Crippen LogP contribution in [0.2, 0.25) is 5.02 Å². The van der Waals surface area contributed by atoms with Crippen LogP contribution < -0.4 is 5.32 Å². The van der Waals surface area contributed by atoms with Gasteiger partial charge in [-0.3, -0.25) is 0 Å². The molecule has 110 valence electrons. The Kier molecular flexibility index (Phi) is 3.97. The lowest BCUT2D eigenvalue weighted by Crippen LogP contribution is -1.91. The number of nitriles is 2. The van der Waals surface area contributed by atoms with Gasteiger partial charge in [0.1, 0.15) is 23.2 Å². The predicted molar refractivity (Wildman–Crippen MR) is 87.4 cm³/mol. The Balaban J connectivity index is 1.98. The number of aromatic nitrogens is 1. The highest BCUT2D eigenvalue weighted by atomic mass is 35.5. The van der Waals surface area contributed by atoms with E-state index in [1.807, 2.05) is 24.3 Å². The van der Waals surface area contributed by atoms with Crippen molar-refractivity contribution in [2.24, 2.45) is 0 Å². The first-order valence-electron chi connectivity index (χ1n) is 6.63. The zero-order chi connectivity index (χ0) is 16.2. The summed E-state index contributed by atoms with van der Waals surface area (Å²) in [5.74, 6) is 0.468. The molecule has 23 heavy (non-hydrogen) atoms. The van der Waals surface area contributed by atoms with Crippen molar-refractivity contribution in [2.45, 2.75) is 0 Å². The normalized spacial score (nSPS) is 9.87. The molecule has 0 aliphatic heterocycles. The standard InChI is InChI=1S/C17H9ClN4O/c18-13-6-5-12(7-15(13)21-10-11(8-19)9-20)17-22-14-3-1-2-4-16(14)23-17/h1-7,10,21H. The van der Waals surface area contributed by atoms with E-state index in [4.69, 9.17) is 26.5 Å². The molecule has 1 N–H and O–H groups in total. The minimum Gasteiger partial charge on any atom is -0.436 e. The van der Waals surface area contributed by atoms with Crippen LogP contribution in [0.1, 0.15) is 0 Å². The third-order valence-corrected chi connectivity index (χ3v) is 3.45. The molecule has 0 bridgehead atoms. The van der Waals surface area contributed by atoms with E-state index in [2.05, 4.69) is 10.3 Å². The maximum Gasteiger partial charge on any atom is 0.227 e. The fourth-order valence-corrected chi connectivity index (χ4v) is 2.18. The van der Waals surface area contributed by atoms with Crippen molar-refractivity contribution in [1.29, 1.82) is 10.5 Å². The first kappa shape index (κ1) is 14.6. The van der Waals surface area contributed by atoms with Crippen molar-refractivity contribution in [3.8, 4) is 23.6 Å². The van der Waals surface area contributed by atoms with Crippen molar-refractivity contribution >= 4 is 28.4 Å². The number of halogens is 1. The Hall–Kier alpha value is -3.28.